The lowest BCUT2D eigenvalue weighted by Gasteiger charge is -2.28. The molecule has 1 aromatic rings. The van der Waals surface area contributed by atoms with Gasteiger partial charge in [0, 0.05) is 24.3 Å². The highest BCUT2D eigenvalue weighted by Crippen LogP contribution is 2.26. The van der Waals surface area contributed by atoms with Crippen molar-refractivity contribution in [3.63, 3.8) is 0 Å². The van der Waals surface area contributed by atoms with Gasteiger partial charge >= 0.3 is 0 Å². The fraction of sp³-hybridized carbons (Fsp3) is 0.550. The van der Waals surface area contributed by atoms with E-state index in [-0.39, 0.29) is 36.4 Å². The third-order valence-corrected chi connectivity index (χ3v) is 5.60. The molecule has 27 heavy (non-hydrogen) atoms. The number of hydrogen-bond donors (Lipinski definition) is 2. The summed E-state index contributed by atoms with van der Waals surface area (Å²) in [6.45, 7) is 3.93. The summed E-state index contributed by atoms with van der Waals surface area (Å²) < 4.78 is 5.55. The van der Waals surface area contributed by atoms with Crippen LogP contribution in [0.5, 0.6) is 0 Å². The van der Waals surface area contributed by atoms with Gasteiger partial charge in [-0.15, -0.1) is 0 Å². The molecule has 3 heterocycles. The van der Waals surface area contributed by atoms with Gasteiger partial charge in [0.1, 0.15) is 0 Å². The van der Waals surface area contributed by atoms with Crippen LogP contribution >= 0.6 is 0 Å². The van der Waals surface area contributed by atoms with Gasteiger partial charge in [-0.1, -0.05) is 0 Å². The molecule has 4 rings (SSSR count). The van der Waals surface area contributed by atoms with Crippen molar-refractivity contribution in [2.75, 3.05) is 19.7 Å². The van der Waals surface area contributed by atoms with Gasteiger partial charge in [-0.25, -0.2) is 0 Å². The van der Waals surface area contributed by atoms with E-state index < -0.39 is 0 Å². The molecule has 3 amide bonds. The number of piperidine rings is 1. The van der Waals surface area contributed by atoms with E-state index in [4.69, 9.17) is 4.74 Å². The van der Waals surface area contributed by atoms with Crippen molar-refractivity contribution in [2.45, 2.75) is 50.8 Å². The summed E-state index contributed by atoms with van der Waals surface area (Å²) in [4.78, 5) is 39.1. The summed E-state index contributed by atoms with van der Waals surface area (Å²) >= 11 is 0. The molecule has 144 valence electrons. The van der Waals surface area contributed by atoms with Crippen molar-refractivity contribution >= 4 is 17.7 Å². The van der Waals surface area contributed by atoms with E-state index in [1.807, 2.05) is 0 Å². The fourth-order valence-electron chi connectivity index (χ4n) is 4.12. The Hall–Kier alpha value is -2.25. The molecule has 0 aliphatic carbocycles. The van der Waals surface area contributed by atoms with E-state index in [9.17, 15) is 14.4 Å². The van der Waals surface area contributed by atoms with Crippen LogP contribution in [0.3, 0.4) is 0 Å². The van der Waals surface area contributed by atoms with Crippen LogP contribution in [-0.4, -0.2) is 60.5 Å². The number of carbonyl (C=O) groups is 3. The second-order valence-electron chi connectivity index (χ2n) is 7.67. The van der Waals surface area contributed by atoms with Gasteiger partial charge in [0.15, 0.2) is 0 Å². The van der Waals surface area contributed by atoms with Crippen molar-refractivity contribution in [1.82, 2.24) is 15.5 Å². The van der Waals surface area contributed by atoms with Crippen LogP contribution in [0.4, 0.5) is 0 Å². The number of carbonyl (C=O) groups excluding carboxylic acids is 3. The summed E-state index contributed by atoms with van der Waals surface area (Å²) in [5.74, 6) is -0.838. The SMILES string of the molecule is CC1CC(NC(=O)c2ccc3c(c2)C(=O)N(CC2CCCO2)C3=O)CCN1. The Morgan fingerprint density at radius 1 is 1.26 bits per heavy atom. The Morgan fingerprint density at radius 3 is 2.81 bits per heavy atom. The molecule has 3 aliphatic rings. The molecular weight excluding hydrogens is 346 g/mol. The molecule has 3 unspecified atom stereocenters. The Morgan fingerprint density at radius 2 is 2.07 bits per heavy atom. The summed E-state index contributed by atoms with van der Waals surface area (Å²) in [6.07, 6.45) is 3.48. The number of imide groups is 1. The normalized spacial score (nSPS) is 27.7. The number of hydrogen-bond acceptors (Lipinski definition) is 5. The molecule has 0 radical (unpaired) electrons. The number of rotatable bonds is 4. The number of benzene rings is 1. The molecular formula is C20H25N3O4. The van der Waals surface area contributed by atoms with E-state index in [2.05, 4.69) is 17.6 Å². The minimum Gasteiger partial charge on any atom is -0.376 e. The maximum absolute atomic E-state index is 12.7. The predicted octanol–water partition coefficient (Wildman–Crippen LogP) is 1.33. The number of nitrogens with one attached hydrogen (secondary N) is 2. The van der Waals surface area contributed by atoms with Crippen LogP contribution in [0.25, 0.3) is 0 Å². The number of nitrogens with zero attached hydrogens (tertiary/aromatic N) is 1. The molecule has 0 bridgehead atoms. The third kappa shape index (κ3) is 3.61. The molecule has 0 spiro atoms. The van der Waals surface area contributed by atoms with Crippen molar-refractivity contribution in [1.29, 1.82) is 0 Å². The lowest BCUT2D eigenvalue weighted by Crippen LogP contribution is -2.46. The molecule has 3 aliphatic heterocycles. The molecule has 7 nitrogen and oxygen atoms in total. The van der Waals surface area contributed by atoms with Crippen molar-refractivity contribution in [3.8, 4) is 0 Å². The predicted molar refractivity (Wildman–Crippen MR) is 98.7 cm³/mol. The second-order valence-corrected chi connectivity index (χ2v) is 7.67. The van der Waals surface area contributed by atoms with Gasteiger partial charge in [-0.3, -0.25) is 19.3 Å². The van der Waals surface area contributed by atoms with Crippen molar-refractivity contribution in [2.24, 2.45) is 0 Å². The molecule has 1 aromatic carbocycles. The van der Waals surface area contributed by atoms with Gasteiger partial charge in [0.25, 0.3) is 17.7 Å². The quantitative estimate of drug-likeness (QED) is 0.780. The average Bonchev–Trinajstić information content (AvgIpc) is 3.25. The van der Waals surface area contributed by atoms with Crippen molar-refractivity contribution in [3.05, 3.63) is 34.9 Å². The van der Waals surface area contributed by atoms with Gasteiger partial charge in [-0.05, 0) is 57.4 Å². The van der Waals surface area contributed by atoms with E-state index in [1.54, 1.807) is 18.2 Å². The third-order valence-electron chi connectivity index (χ3n) is 5.60. The first-order chi connectivity index (χ1) is 13.0. The fourth-order valence-corrected chi connectivity index (χ4v) is 4.12. The maximum Gasteiger partial charge on any atom is 0.261 e. The summed E-state index contributed by atoms with van der Waals surface area (Å²) in [7, 11) is 0. The van der Waals surface area contributed by atoms with Crippen LogP contribution in [0.1, 0.15) is 63.7 Å². The largest absolute Gasteiger partial charge is 0.376 e. The van der Waals surface area contributed by atoms with E-state index in [0.717, 1.165) is 32.2 Å². The van der Waals surface area contributed by atoms with Gasteiger partial charge in [-0.2, -0.15) is 0 Å². The minimum absolute atomic E-state index is 0.0862. The zero-order valence-electron chi connectivity index (χ0n) is 15.5. The van der Waals surface area contributed by atoms with Crippen molar-refractivity contribution < 1.29 is 19.1 Å². The van der Waals surface area contributed by atoms with E-state index in [0.29, 0.717) is 29.3 Å². The van der Waals surface area contributed by atoms with Crippen LogP contribution in [-0.2, 0) is 4.74 Å². The summed E-state index contributed by atoms with van der Waals surface area (Å²) in [5.41, 5.74) is 1.09. The highest BCUT2D eigenvalue weighted by molar-refractivity contribution is 6.22. The monoisotopic (exact) mass is 371 g/mol. The molecule has 2 fully saturated rings. The summed E-state index contributed by atoms with van der Waals surface area (Å²) in [6, 6.07) is 5.25. The van der Waals surface area contributed by atoms with Crippen LogP contribution < -0.4 is 10.6 Å². The molecule has 2 N–H and O–H groups in total. The molecule has 3 atom stereocenters. The van der Waals surface area contributed by atoms with Gasteiger partial charge in [0.05, 0.1) is 23.8 Å². The first-order valence-corrected chi connectivity index (χ1v) is 9.69. The topological polar surface area (TPSA) is 87.7 Å². The zero-order valence-corrected chi connectivity index (χ0v) is 15.5. The maximum atomic E-state index is 12.7. The average molecular weight is 371 g/mol. The van der Waals surface area contributed by atoms with E-state index in [1.165, 1.54) is 4.90 Å². The first kappa shape index (κ1) is 18.1. The smallest absolute Gasteiger partial charge is 0.261 e. The highest BCUT2D eigenvalue weighted by atomic mass is 16.5. The van der Waals surface area contributed by atoms with E-state index >= 15 is 0 Å². The Kier molecular flexibility index (Phi) is 4.97. The van der Waals surface area contributed by atoms with Crippen LogP contribution in [0, 0.1) is 0 Å². The Bertz CT molecular complexity index is 772. The Balaban J connectivity index is 1.47. The standard InChI is InChI=1S/C20H25N3O4/c1-12-9-14(6-7-21-12)22-18(24)13-4-5-16-17(10-13)20(26)23(19(16)25)11-15-3-2-8-27-15/h4-5,10,12,14-15,21H,2-3,6-9,11H2,1H3,(H,22,24). The zero-order chi connectivity index (χ0) is 19.0. The van der Waals surface area contributed by atoms with Gasteiger partial charge in [0.2, 0.25) is 0 Å². The lowest BCUT2D eigenvalue weighted by molar-refractivity contribution is 0.0475. The molecule has 0 saturated carbocycles. The number of fused-ring (bicyclic) bond motifs is 1. The summed E-state index contributed by atoms with van der Waals surface area (Å²) in [5, 5.41) is 6.40. The minimum atomic E-state index is -0.337. The Labute approximate surface area is 158 Å². The first-order valence-electron chi connectivity index (χ1n) is 9.69. The highest BCUT2D eigenvalue weighted by Gasteiger charge is 2.38. The number of amides is 3. The molecule has 7 heteroatoms. The van der Waals surface area contributed by atoms with Crippen LogP contribution in [0.15, 0.2) is 18.2 Å². The van der Waals surface area contributed by atoms with Crippen LogP contribution in [0.2, 0.25) is 0 Å². The molecule has 2 saturated heterocycles. The van der Waals surface area contributed by atoms with Gasteiger partial charge < -0.3 is 15.4 Å². The lowest BCUT2D eigenvalue weighted by atomic mass is 9.99. The molecule has 0 aromatic heterocycles. The number of ether oxygens (including phenoxy) is 1. The second kappa shape index (κ2) is 7.40.